The van der Waals surface area contributed by atoms with E-state index in [1.54, 1.807) is 38.4 Å². The van der Waals surface area contributed by atoms with E-state index in [1.165, 1.54) is 4.57 Å². The number of ether oxygens (including phenoxy) is 1. The number of carbonyl (C=O) groups is 1. The SMILES string of the molecule is CC#CCN1c2c(n(C)c(=O)n(-c3ccccn3)c2=O)N(C)C1N1CCC[C@@H](NC(=O)OC(C)(C)C)C1. The van der Waals surface area contributed by atoms with Crippen LogP contribution in [0, 0.1) is 11.8 Å². The van der Waals surface area contributed by atoms with Gasteiger partial charge in [-0.15, -0.1) is 5.92 Å². The van der Waals surface area contributed by atoms with E-state index in [1.807, 2.05) is 37.6 Å². The predicted molar refractivity (Wildman–Crippen MR) is 142 cm³/mol. The van der Waals surface area contributed by atoms with Crippen molar-refractivity contribution in [1.82, 2.24) is 24.3 Å². The first-order valence-electron chi connectivity index (χ1n) is 12.4. The molecule has 4 heterocycles. The average Bonchev–Trinajstić information content (AvgIpc) is 3.13. The second-order valence-electron chi connectivity index (χ2n) is 10.3. The molecule has 0 aromatic carbocycles. The molecule has 2 aliphatic heterocycles. The fraction of sp³-hybridized carbons (Fsp3) is 0.538. The summed E-state index contributed by atoms with van der Waals surface area (Å²) in [4.78, 5) is 49.9. The zero-order valence-corrected chi connectivity index (χ0v) is 22.3. The van der Waals surface area contributed by atoms with Crippen LogP contribution in [-0.4, -0.2) is 69.7 Å². The zero-order chi connectivity index (χ0) is 26.9. The van der Waals surface area contributed by atoms with E-state index in [0.29, 0.717) is 24.6 Å². The molecule has 0 aliphatic carbocycles. The zero-order valence-electron chi connectivity index (χ0n) is 22.3. The molecule has 0 spiro atoms. The van der Waals surface area contributed by atoms with E-state index in [4.69, 9.17) is 4.74 Å². The Labute approximate surface area is 216 Å². The number of likely N-dealkylation sites (tertiary alicyclic amines) is 1. The van der Waals surface area contributed by atoms with Gasteiger partial charge in [0.05, 0.1) is 6.54 Å². The van der Waals surface area contributed by atoms with E-state index in [0.717, 1.165) is 24.0 Å². The molecule has 0 bridgehead atoms. The summed E-state index contributed by atoms with van der Waals surface area (Å²) < 4.78 is 8.04. The Morgan fingerprint density at radius 3 is 2.65 bits per heavy atom. The highest BCUT2D eigenvalue weighted by molar-refractivity contribution is 5.74. The van der Waals surface area contributed by atoms with Gasteiger partial charge in [0, 0.05) is 39.4 Å². The highest BCUT2D eigenvalue weighted by Gasteiger charge is 2.43. The largest absolute Gasteiger partial charge is 0.444 e. The third-order valence-electron chi connectivity index (χ3n) is 6.46. The Kier molecular flexibility index (Phi) is 7.32. The molecule has 4 rings (SSSR count). The monoisotopic (exact) mass is 509 g/mol. The number of alkyl carbamates (subject to hydrolysis) is 1. The van der Waals surface area contributed by atoms with Crippen LogP contribution in [0.4, 0.5) is 16.3 Å². The van der Waals surface area contributed by atoms with Gasteiger partial charge >= 0.3 is 11.8 Å². The first-order valence-corrected chi connectivity index (χ1v) is 12.4. The molecule has 2 aliphatic rings. The van der Waals surface area contributed by atoms with Crippen LogP contribution in [0.5, 0.6) is 0 Å². The normalized spacial score (nSPS) is 19.7. The summed E-state index contributed by atoms with van der Waals surface area (Å²) in [5.74, 6) is 6.80. The molecule has 0 saturated carbocycles. The number of piperidine rings is 1. The Hall–Kier alpha value is -3.78. The molecule has 1 fully saturated rings. The summed E-state index contributed by atoms with van der Waals surface area (Å²) in [5, 5.41) is 2.99. The fourth-order valence-electron chi connectivity index (χ4n) is 5.04. The highest BCUT2D eigenvalue weighted by Crippen LogP contribution is 2.36. The first-order chi connectivity index (χ1) is 17.5. The van der Waals surface area contributed by atoms with Crippen molar-refractivity contribution in [3.05, 3.63) is 45.2 Å². The molecule has 11 nitrogen and oxygen atoms in total. The Morgan fingerprint density at radius 1 is 1.24 bits per heavy atom. The van der Waals surface area contributed by atoms with E-state index in [-0.39, 0.29) is 18.1 Å². The second-order valence-corrected chi connectivity index (χ2v) is 10.3. The minimum absolute atomic E-state index is 0.117. The van der Waals surface area contributed by atoms with E-state index in [2.05, 4.69) is 27.0 Å². The maximum Gasteiger partial charge on any atom is 0.407 e. The number of carbonyl (C=O) groups excluding carboxylic acids is 1. The van der Waals surface area contributed by atoms with Crippen molar-refractivity contribution in [1.29, 1.82) is 0 Å². The third-order valence-corrected chi connectivity index (χ3v) is 6.46. The van der Waals surface area contributed by atoms with Crippen molar-refractivity contribution in [3.63, 3.8) is 0 Å². The van der Waals surface area contributed by atoms with E-state index in [9.17, 15) is 14.4 Å². The summed E-state index contributed by atoms with van der Waals surface area (Å²) >= 11 is 0. The fourth-order valence-corrected chi connectivity index (χ4v) is 5.04. The maximum absolute atomic E-state index is 13.8. The number of nitrogens with one attached hydrogen (secondary N) is 1. The smallest absolute Gasteiger partial charge is 0.407 e. The van der Waals surface area contributed by atoms with Crippen LogP contribution in [0.2, 0.25) is 0 Å². The lowest BCUT2D eigenvalue weighted by Crippen LogP contribution is -2.60. The lowest BCUT2D eigenvalue weighted by atomic mass is 10.1. The third kappa shape index (κ3) is 5.20. The topological polar surface area (TPSA) is 105 Å². The quantitative estimate of drug-likeness (QED) is 0.618. The Bertz CT molecular complexity index is 1330. The number of hydrogen-bond acceptors (Lipinski definition) is 8. The average molecular weight is 510 g/mol. The Balaban J connectivity index is 1.72. The number of nitrogens with zero attached hydrogens (tertiary/aromatic N) is 6. The molecular formula is C26H35N7O4. The van der Waals surface area contributed by atoms with Gasteiger partial charge in [-0.25, -0.2) is 19.1 Å². The molecule has 1 unspecified atom stereocenters. The van der Waals surface area contributed by atoms with Crippen molar-refractivity contribution in [2.45, 2.75) is 58.5 Å². The standard InChI is InChI=1S/C26H35N7O4/c1-7-8-16-32-20-21(30(6)25(36)33(22(20)34)19-13-9-10-14-27-19)29(5)24(32)31-15-11-12-18(17-31)28-23(35)37-26(2,3)4/h9-10,13-14,18,24H,11-12,15-17H2,1-6H3,(H,28,35)/t18-,24?/m1/s1. The summed E-state index contributed by atoms with van der Waals surface area (Å²) in [5.41, 5.74) is -1.10. The van der Waals surface area contributed by atoms with E-state index >= 15 is 0 Å². The van der Waals surface area contributed by atoms with Crippen molar-refractivity contribution >= 4 is 17.6 Å². The van der Waals surface area contributed by atoms with Crippen LogP contribution in [0.1, 0.15) is 40.5 Å². The molecule has 2 atom stereocenters. The number of pyridine rings is 1. The molecule has 1 amide bonds. The summed E-state index contributed by atoms with van der Waals surface area (Å²) in [7, 11) is 3.53. The first kappa shape index (κ1) is 26.3. The number of hydrogen-bond donors (Lipinski definition) is 1. The minimum atomic E-state index is -0.584. The van der Waals surface area contributed by atoms with E-state index < -0.39 is 22.9 Å². The van der Waals surface area contributed by atoms with Crippen LogP contribution in [0.3, 0.4) is 0 Å². The number of anilines is 2. The van der Waals surface area contributed by atoms with Crippen molar-refractivity contribution < 1.29 is 9.53 Å². The Morgan fingerprint density at radius 2 is 2.00 bits per heavy atom. The van der Waals surface area contributed by atoms with Crippen LogP contribution in [-0.2, 0) is 11.8 Å². The van der Waals surface area contributed by atoms with Gasteiger partial charge in [0.1, 0.15) is 22.9 Å². The molecule has 198 valence electrons. The number of fused-ring (bicyclic) bond motifs is 1. The lowest BCUT2D eigenvalue weighted by Gasteiger charge is -2.42. The van der Waals surface area contributed by atoms with Crippen LogP contribution in [0.25, 0.3) is 5.82 Å². The maximum atomic E-state index is 13.8. The van der Waals surface area contributed by atoms with Gasteiger partial charge in [-0.2, -0.15) is 0 Å². The second kappa shape index (κ2) is 10.3. The number of amides is 1. The number of rotatable bonds is 4. The van der Waals surface area contributed by atoms with Crippen molar-refractivity contribution in [2.24, 2.45) is 7.05 Å². The van der Waals surface area contributed by atoms with Crippen molar-refractivity contribution in [2.75, 3.05) is 36.5 Å². The van der Waals surface area contributed by atoms with Gasteiger partial charge in [-0.05, 0) is 52.7 Å². The van der Waals surface area contributed by atoms with Gasteiger partial charge in [-0.1, -0.05) is 12.0 Å². The van der Waals surface area contributed by atoms with Crippen LogP contribution < -0.4 is 26.4 Å². The van der Waals surface area contributed by atoms with Gasteiger partial charge in [0.25, 0.3) is 5.56 Å². The van der Waals surface area contributed by atoms with Crippen LogP contribution in [0.15, 0.2) is 34.0 Å². The summed E-state index contributed by atoms with van der Waals surface area (Å²) in [6.07, 6.45) is 2.41. The summed E-state index contributed by atoms with van der Waals surface area (Å²) in [6.45, 7) is 8.87. The lowest BCUT2D eigenvalue weighted by molar-refractivity contribution is 0.0456. The molecule has 37 heavy (non-hydrogen) atoms. The van der Waals surface area contributed by atoms with Gasteiger partial charge in [0.2, 0.25) is 0 Å². The van der Waals surface area contributed by atoms with Crippen molar-refractivity contribution in [3.8, 4) is 17.7 Å². The molecule has 2 aromatic heterocycles. The van der Waals surface area contributed by atoms with Gasteiger partial charge in [0.15, 0.2) is 6.29 Å². The molecule has 2 aromatic rings. The summed E-state index contributed by atoms with van der Waals surface area (Å²) in [6, 6.07) is 4.99. The minimum Gasteiger partial charge on any atom is -0.444 e. The van der Waals surface area contributed by atoms with Gasteiger partial charge in [-0.3, -0.25) is 14.3 Å². The van der Waals surface area contributed by atoms with Crippen LogP contribution >= 0.6 is 0 Å². The molecule has 1 saturated heterocycles. The molecule has 0 radical (unpaired) electrons. The number of aromatic nitrogens is 3. The highest BCUT2D eigenvalue weighted by atomic mass is 16.6. The predicted octanol–water partition coefficient (Wildman–Crippen LogP) is 1.48. The molecular weight excluding hydrogens is 474 g/mol. The molecule has 11 heteroatoms. The van der Waals surface area contributed by atoms with Gasteiger partial charge < -0.3 is 19.9 Å². The molecule has 1 N–H and O–H groups in total.